The van der Waals surface area contributed by atoms with Gasteiger partial charge in [-0.25, -0.2) is 0 Å². The number of rotatable bonds is 3. The molecule has 2 aliphatic carbocycles. The zero-order valence-electron chi connectivity index (χ0n) is 36.5. The van der Waals surface area contributed by atoms with Crippen molar-refractivity contribution in [3.05, 3.63) is 233 Å². The summed E-state index contributed by atoms with van der Waals surface area (Å²) in [5.74, 6) is 0. The van der Waals surface area contributed by atoms with Crippen molar-refractivity contribution >= 4 is 78.0 Å². The van der Waals surface area contributed by atoms with Gasteiger partial charge in [-0.3, -0.25) is 0 Å². The lowest BCUT2D eigenvalue weighted by Crippen LogP contribution is -2.60. The highest BCUT2D eigenvalue weighted by Gasteiger charge is 2.52. The number of para-hydroxylation sites is 2. The molecule has 0 N–H and O–H groups in total. The fraction of sp³-hybridized carbons (Fsp3) is 0.0667. The van der Waals surface area contributed by atoms with Gasteiger partial charge in [-0.2, -0.15) is 13.2 Å². The van der Waals surface area contributed by atoms with Crippen LogP contribution in [-0.2, 0) is 11.6 Å². The van der Waals surface area contributed by atoms with E-state index in [9.17, 15) is 13.2 Å². The largest absolute Gasteiger partial charge is 0.416 e. The van der Waals surface area contributed by atoms with E-state index in [1.807, 2.05) is 17.4 Å². The number of halogens is 3. The second-order valence-electron chi connectivity index (χ2n) is 18.3. The van der Waals surface area contributed by atoms with Crippen LogP contribution >= 0.6 is 11.3 Å². The van der Waals surface area contributed by atoms with Gasteiger partial charge < -0.3 is 9.80 Å². The highest BCUT2D eigenvalue weighted by atomic mass is 32.1. The van der Waals surface area contributed by atoms with Gasteiger partial charge >= 0.3 is 6.18 Å². The molecular formula is C60H38BF3N2S. The third-order valence-electron chi connectivity index (χ3n) is 14.9. The van der Waals surface area contributed by atoms with Gasteiger partial charge in [0.25, 0.3) is 6.71 Å². The highest BCUT2D eigenvalue weighted by Crippen LogP contribution is 2.64. The van der Waals surface area contributed by atoms with Gasteiger partial charge in [-0.1, -0.05) is 127 Å². The maximum Gasteiger partial charge on any atom is 0.416 e. The average molecular weight is 887 g/mol. The summed E-state index contributed by atoms with van der Waals surface area (Å²) < 4.78 is 44.7. The molecule has 0 fully saturated rings. The molecule has 14 rings (SSSR count). The Morgan fingerprint density at radius 2 is 1.03 bits per heavy atom. The van der Waals surface area contributed by atoms with Crippen LogP contribution < -0.4 is 25.5 Å². The minimum atomic E-state index is -4.43. The summed E-state index contributed by atoms with van der Waals surface area (Å²) in [5.41, 5.74) is 21.1. The van der Waals surface area contributed by atoms with Crippen molar-refractivity contribution < 1.29 is 13.2 Å². The summed E-state index contributed by atoms with van der Waals surface area (Å²) in [6.45, 7) is 3.46. The number of fused-ring (bicyclic) bond motifs is 16. The monoisotopic (exact) mass is 886 g/mol. The molecule has 2 nitrogen and oxygen atoms in total. The minimum Gasteiger partial charge on any atom is -0.311 e. The van der Waals surface area contributed by atoms with E-state index < -0.39 is 17.2 Å². The number of thiophene rings is 1. The van der Waals surface area contributed by atoms with E-state index in [4.69, 9.17) is 0 Å². The average Bonchev–Trinajstić information content (AvgIpc) is 3.97. The first kappa shape index (κ1) is 38.6. The molecule has 2 aliphatic heterocycles. The molecule has 0 amide bonds. The topological polar surface area (TPSA) is 6.48 Å². The Bertz CT molecular complexity index is 3680. The van der Waals surface area contributed by atoms with E-state index in [2.05, 4.69) is 186 Å². The van der Waals surface area contributed by atoms with Crippen molar-refractivity contribution in [1.82, 2.24) is 0 Å². The third kappa shape index (κ3) is 5.12. The van der Waals surface area contributed by atoms with Crippen molar-refractivity contribution in [1.29, 1.82) is 0 Å². The summed E-state index contributed by atoms with van der Waals surface area (Å²) in [5, 5.41) is 1.21. The fourth-order valence-corrected chi connectivity index (χ4v) is 13.8. The number of alkyl halides is 3. The van der Waals surface area contributed by atoms with Gasteiger partial charge in [0.05, 0.1) is 16.7 Å². The molecule has 1 aromatic heterocycles. The maximum absolute atomic E-state index is 14.1. The lowest BCUT2D eigenvalue weighted by atomic mass is 9.36. The first-order valence-corrected chi connectivity index (χ1v) is 23.6. The van der Waals surface area contributed by atoms with Crippen molar-refractivity contribution in [2.45, 2.75) is 25.4 Å². The Hall–Kier alpha value is -7.61. The first-order valence-electron chi connectivity index (χ1n) is 22.8. The van der Waals surface area contributed by atoms with Gasteiger partial charge in [0.1, 0.15) is 0 Å². The van der Waals surface area contributed by atoms with E-state index in [0.717, 1.165) is 45.0 Å². The number of nitrogens with zero attached hydrogens (tertiary/aromatic N) is 2. The van der Waals surface area contributed by atoms with Crippen LogP contribution in [0.3, 0.4) is 0 Å². The van der Waals surface area contributed by atoms with E-state index in [-0.39, 0.29) is 6.71 Å². The zero-order chi connectivity index (χ0) is 44.9. The molecule has 0 atom stereocenters. The number of hydrogen-bond acceptors (Lipinski definition) is 3. The second kappa shape index (κ2) is 13.7. The normalized spacial score (nSPS) is 14.4. The Morgan fingerprint density at radius 1 is 0.493 bits per heavy atom. The first-order chi connectivity index (χ1) is 32.7. The quantitative estimate of drug-likeness (QED) is 0.163. The molecule has 0 saturated heterocycles. The molecule has 0 unspecified atom stereocenters. The van der Waals surface area contributed by atoms with Crippen LogP contribution in [0.4, 0.5) is 47.3 Å². The van der Waals surface area contributed by atoms with Crippen molar-refractivity contribution in [3.8, 4) is 33.4 Å². The smallest absolute Gasteiger partial charge is 0.311 e. The minimum absolute atomic E-state index is 0.124. The van der Waals surface area contributed by atoms with E-state index in [1.54, 1.807) is 13.8 Å². The second-order valence-corrected chi connectivity index (χ2v) is 19.4. The standard InChI is InChI=1S/C60H38BF3N2S/c1-35-30-38(60(62,63)64)31-36(2)55(35)37-28-29-50-53(32-37)65(39-16-5-3-6-17-39)51-26-15-27-52-56(51)61(50)58-57(66(52)40-18-7-4-8-19-40)45-33-44-43-22-11-14-25-48(43)59(49(44)34-54(45)67-58)46-23-12-9-20-41(46)42-21-10-13-24-47(42)59/h3-34H,1-2H3. The summed E-state index contributed by atoms with van der Waals surface area (Å²) in [6, 6.07) is 68.9. The third-order valence-corrected chi connectivity index (χ3v) is 16.1. The highest BCUT2D eigenvalue weighted by molar-refractivity contribution is 7.33. The molecule has 1 spiro atoms. The molecule has 0 saturated carbocycles. The summed E-state index contributed by atoms with van der Waals surface area (Å²) in [4.78, 5) is 4.85. The lowest BCUT2D eigenvalue weighted by Gasteiger charge is -2.43. The SMILES string of the molecule is Cc1cc(C(F)(F)F)cc(C)c1-c1ccc2c(c1)N(c1ccccc1)c1cccc3c1B2c1sc2cc4c(cc2c1N3c1ccccc1)-c1ccccc1C41c2ccccc2-c2ccccc21. The predicted octanol–water partition coefficient (Wildman–Crippen LogP) is 14.6. The van der Waals surface area contributed by atoms with Gasteiger partial charge in [0.2, 0.25) is 0 Å². The van der Waals surface area contributed by atoms with E-state index >= 15 is 0 Å². The molecular weight excluding hydrogens is 849 g/mol. The van der Waals surface area contributed by atoms with Gasteiger partial charge in [0.15, 0.2) is 0 Å². The van der Waals surface area contributed by atoms with Crippen molar-refractivity contribution in [2.24, 2.45) is 0 Å². The van der Waals surface area contributed by atoms with Gasteiger partial charge in [-0.15, -0.1) is 11.3 Å². The van der Waals surface area contributed by atoms with Crippen molar-refractivity contribution in [3.63, 3.8) is 0 Å². The van der Waals surface area contributed by atoms with Gasteiger partial charge in [0, 0.05) is 43.3 Å². The van der Waals surface area contributed by atoms with Gasteiger partial charge in [-0.05, 0) is 158 Å². The summed E-state index contributed by atoms with van der Waals surface area (Å²) >= 11 is 1.89. The van der Waals surface area contributed by atoms with Crippen molar-refractivity contribution in [2.75, 3.05) is 9.80 Å². The van der Waals surface area contributed by atoms with Crippen LogP contribution in [0.5, 0.6) is 0 Å². The number of aryl methyl sites for hydroxylation is 2. The maximum atomic E-state index is 14.1. The Balaban J connectivity index is 1.06. The van der Waals surface area contributed by atoms with Crippen LogP contribution in [-0.4, -0.2) is 6.71 Å². The fourth-order valence-electron chi connectivity index (χ4n) is 12.4. The number of benzene rings is 9. The predicted molar refractivity (Wildman–Crippen MR) is 272 cm³/mol. The lowest BCUT2D eigenvalue weighted by molar-refractivity contribution is -0.137. The Kier molecular flexibility index (Phi) is 7.92. The molecule has 0 bridgehead atoms. The molecule has 9 aromatic carbocycles. The zero-order valence-corrected chi connectivity index (χ0v) is 37.3. The molecule has 3 heterocycles. The number of anilines is 6. The summed E-state index contributed by atoms with van der Waals surface area (Å²) in [6.07, 6.45) is -4.43. The molecule has 10 aromatic rings. The molecule has 318 valence electrons. The molecule has 67 heavy (non-hydrogen) atoms. The Morgan fingerprint density at radius 3 is 1.63 bits per heavy atom. The molecule has 4 aliphatic rings. The van der Waals surface area contributed by atoms with Crippen LogP contribution in [0.1, 0.15) is 38.9 Å². The number of hydrogen-bond donors (Lipinski definition) is 0. The Labute approximate surface area is 390 Å². The van der Waals surface area contributed by atoms with Crippen LogP contribution in [0.25, 0.3) is 43.5 Å². The molecule has 7 heteroatoms. The van der Waals surface area contributed by atoms with Crippen LogP contribution in [0.15, 0.2) is 194 Å². The van der Waals surface area contributed by atoms with E-state index in [1.165, 1.54) is 82.7 Å². The van der Waals surface area contributed by atoms with Crippen LogP contribution in [0.2, 0.25) is 0 Å². The molecule has 0 radical (unpaired) electrons. The van der Waals surface area contributed by atoms with Crippen LogP contribution in [0, 0.1) is 13.8 Å². The van der Waals surface area contributed by atoms with E-state index in [0.29, 0.717) is 11.1 Å². The summed E-state index contributed by atoms with van der Waals surface area (Å²) in [7, 11) is 0.